The summed E-state index contributed by atoms with van der Waals surface area (Å²) in [6, 6.07) is 0. The second-order valence-electron chi connectivity index (χ2n) is 19.9. The number of hydrogen-bond acceptors (Lipinski definition) is 6. The maximum Gasteiger partial charge on any atom is 0.306 e. The van der Waals surface area contributed by atoms with E-state index in [2.05, 4.69) is 45.1 Å². The van der Waals surface area contributed by atoms with Gasteiger partial charge >= 0.3 is 17.9 Å². The number of allylic oxidation sites excluding steroid dienone is 4. The second-order valence-corrected chi connectivity index (χ2v) is 19.9. The average molecular weight is 930 g/mol. The van der Waals surface area contributed by atoms with E-state index in [1.165, 1.54) is 218 Å². The monoisotopic (exact) mass is 929 g/mol. The zero-order valence-corrected chi connectivity index (χ0v) is 44.5. The van der Waals surface area contributed by atoms with Crippen LogP contribution in [0.2, 0.25) is 0 Å². The van der Waals surface area contributed by atoms with E-state index in [1.54, 1.807) is 0 Å². The van der Waals surface area contributed by atoms with Gasteiger partial charge in [0, 0.05) is 19.3 Å². The number of unbranched alkanes of at least 4 members (excludes halogenated alkanes) is 39. The van der Waals surface area contributed by atoms with Gasteiger partial charge in [-0.1, -0.05) is 276 Å². The van der Waals surface area contributed by atoms with Gasteiger partial charge in [-0.15, -0.1) is 0 Å². The number of rotatable bonds is 54. The maximum atomic E-state index is 12.8. The number of carbonyl (C=O) groups is 3. The molecule has 0 aromatic rings. The van der Waals surface area contributed by atoms with E-state index in [4.69, 9.17) is 14.2 Å². The Morgan fingerprint density at radius 2 is 0.545 bits per heavy atom. The van der Waals surface area contributed by atoms with Crippen LogP contribution in [0.5, 0.6) is 0 Å². The first-order valence-electron chi connectivity index (χ1n) is 29.3. The van der Waals surface area contributed by atoms with Crippen LogP contribution in [0.4, 0.5) is 0 Å². The minimum atomic E-state index is -0.767. The van der Waals surface area contributed by atoms with Crippen LogP contribution in [0.3, 0.4) is 0 Å². The Kier molecular flexibility index (Phi) is 53.7. The second kappa shape index (κ2) is 55.5. The molecule has 6 nitrogen and oxygen atoms in total. The van der Waals surface area contributed by atoms with Crippen LogP contribution in [0.15, 0.2) is 24.3 Å². The molecule has 0 aromatic heterocycles. The molecular weight excluding hydrogens is 817 g/mol. The maximum absolute atomic E-state index is 12.8. The lowest BCUT2D eigenvalue weighted by Gasteiger charge is -2.18. The van der Waals surface area contributed by atoms with Gasteiger partial charge in [0.1, 0.15) is 13.2 Å². The molecule has 1 atom stereocenters. The van der Waals surface area contributed by atoms with E-state index in [0.717, 1.165) is 64.2 Å². The zero-order chi connectivity index (χ0) is 47.9. The summed E-state index contributed by atoms with van der Waals surface area (Å²) in [7, 11) is 0. The van der Waals surface area contributed by atoms with Gasteiger partial charge in [-0.2, -0.15) is 0 Å². The van der Waals surface area contributed by atoms with Gasteiger partial charge in [0.25, 0.3) is 0 Å². The minimum Gasteiger partial charge on any atom is -0.462 e. The standard InChI is InChI=1S/C60H112O6/c1-4-7-10-13-16-19-21-23-25-27-29-30-32-33-35-37-39-41-44-47-50-53-59(62)65-56-57(55-64-58(61)52-49-46-43-18-15-12-9-6-3)66-60(63)54-51-48-45-42-40-38-36-34-31-28-26-24-22-20-17-14-11-8-5-2/h17,20,24,26,57H,4-16,18-19,21-23,25,27-56H2,1-3H3/b20-17-,26-24-. The topological polar surface area (TPSA) is 78.9 Å². The molecular formula is C60H112O6. The van der Waals surface area contributed by atoms with Crippen LogP contribution in [-0.4, -0.2) is 37.2 Å². The van der Waals surface area contributed by atoms with Crippen LogP contribution < -0.4 is 0 Å². The van der Waals surface area contributed by atoms with Gasteiger partial charge in [-0.25, -0.2) is 0 Å². The van der Waals surface area contributed by atoms with Crippen molar-refractivity contribution >= 4 is 17.9 Å². The lowest BCUT2D eigenvalue weighted by atomic mass is 10.0. The van der Waals surface area contributed by atoms with Gasteiger partial charge in [-0.05, 0) is 51.4 Å². The fourth-order valence-electron chi connectivity index (χ4n) is 8.77. The minimum absolute atomic E-state index is 0.0678. The quantitative estimate of drug-likeness (QED) is 0.0262. The molecule has 0 rings (SSSR count). The van der Waals surface area contributed by atoms with E-state index in [1.807, 2.05) is 0 Å². The fraction of sp³-hybridized carbons (Fsp3) is 0.883. The van der Waals surface area contributed by atoms with Crippen molar-refractivity contribution in [3.8, 4) is 0 Å². The lowest BCUT2D eigenvalue weighted by molar-refractivity contribution is -0.167. The van der Waals surface area contributed by atoms with Crippen LogP contribution in [0.1, 0.15) is 323 Å². The highest BCUT2D eigenvalue weighted by molar-refractivity contribution is 5.71. The zero-order valence-electron chi connectivity index (χ0n) is 44.5. The van der Waals surface area contributed by atoms with E-state index in [9.17, 15) is 14.4 Å². The van der Waals surface area contributed by atoms with Gasteiger partial charge < -0.3 is 14.2 Å². The molecule has 66 heavy (non-hydrogen) atoms. The van der Waals surface area contributed by atoms with Crippen molar-refractivity contribution in [2.75, 3.05) is 13.2 Å². The summed E-state index contributed by atoms with van der Waals surface area (Å²) in [6.45, 7) is 6.63. The van der Waals surface area contributed by atoms with Crippen molar-refractivity contribution in [3.63, 3.8) is 0 Å². The molecule has 0 aliphatic rings. The van der Waals surface area contributed by atoms with Crippen LogP contribution in [-0.2, 0) is 28.6 Å². The van der Waals surface area contributed by atoms with Gasteiger partial charge in [0.2, 0.25) is 0 Å². The molecule has 388 valence electrons. The molecule has 0 saturated heterocycles. The molecule has 0 heterocycles. The lowest BCUT2D eigenvalue weighted by Crippen LogP contribution is -2.30. The first-order chi connectivity index (χ1) is 32.5. The van der Waals surface area contributed by atoms with Gasteiger partial charge in [0.05, 0.1) is 0 Å². The summed E-state index contributed by atoms with van der Waals surface area (Å²) in [5.41, 5.74) is 0. The fourth-order valence-corrected chi connectivity index (χ4v) is 8.77. The Labute approximate surface area is 411 Å². The normalized spacial score (nSPS) is 12.1. The third kappa shape index (κ3) is 52.9. The average Bonchev–Trinajstić information content (AvgIpc) is 3.31. The van der Waals surface area contributed by atoms with E-state index in [0.29, 0.717) is 19.3 Å². The highest BCUT2D eigenvalue weighted by Gasteiger charge is 2.19. The molecule has 0 bridgehead atoms. The van der Waals surface area contributed by atoms with Crippen molar-refractivity contribution < 1.29 is 28.6 Å². The third-order valence-corrected chi connectivity index (χ3v) is 13.2. The predicted molar refractivity (Wildman–Crippen MR) is 284 cm³/mol. The van der Waals surface area contributed by atoms with E-state index in [-0.39, 0.29) is 31.1 Å². The third-order valence-electron chi connectivity index (χ3n) is 13.2. The van der Waals surface area contributed by atoms with E-state index < -0.39 is 6.10 Å². The van der Waals surface area contributed by atoms with Crippen LogP contribution in [0, 0.1) is 0 Å². The van der Waals surface area contributed by atoms with Crippen molar-refractivity contribution in [3.05, 3.63) is 24.3 Å². The summed E-state index contributed by atoms with van der Waals surface area (Å²) >= 11 is 0. The van der Waals surface area contributed by atoms with E-state index >= 15 is 0 Å². The number of esters is 3. The Bertz CT molecular complexity index is 1070. The van der Waals surface area contributed by atoms with Crippen molar-refractivity contribution in [1.82, 2.24) is 0 Å². The first kappa shape index (κ1) is 63.9. The Morgan fingerprint density at radius 3 is 0.864 bits per heavy atom. The SMILES string of the molecule is CCCCC/C=C\C/C=C\CCCCCCCCCCCC(=O)OC(COC(=O)CCCCCCCCCC)COC(=O)CCCCCCCCCCCCCCCCCCCCCCC. The largest absolute Gasteiger partial charge is 0.462 e. The highest BCUT2D eigenvalue weighted by Crippen LogP contribution is 2.17. The predicted octanol–water partition coefficient (Wildman–Crippen LogP) is 19.5. The molecule has 0 amide bonds. The smallest absolute Gasteiger partial charge is 0.306 e. The Balaban J connectivity index is 4.18. The summed E-state index contributed by atoms with van der Waals surface area (Å²) < 4.78 is 16.8. The Hall–Kier alpha value is -2.11. The Morgan fingerprint density at radius 1 is 0.303 bits per heavy atom. The summed E-state index contributed by atoms with van der Waals surface area (Å²) in [4.78, 5) is 38.0. The van der Waals surface area contributed by atoms with Gasteiger partial charge in [0.15, 0.2) is 6.10 Å². The summed E-state index contributed by atoms with van der Waals surface area (Å²) in [6.07, 6.45) is 64.7. The molecule has 1 unspecified atom stereocenters. The molecule has 0 radical (unpaired) electrons. The van der Waals surface area contributed by atoms with Crippen molar-refractivity contribution in [2.24, 2.45) is 0 Å². The van der Waals surface area contributed by atoms with Crippen molar-refractivity contribution in [2.45, 2.75) is 329 Å². The van der Waals surface area contributed by atoms with Crippen LogP contribution in [0.25, 0.3) is 0 Å². The molecule has 0 fully saturated rings. The molecule has 0 spiro atoms. The first-order valence-corrected chi connectivity index (χ1v) is 29.3. The summed E-state index contributed by atoms with van der Waals surface area (Å²) in [5, 5.41) is 0. The number of ether oxygens (including phenoxy) is 3. The highest BCUT2D eigenvalue weighted by atomic mass is 16.6. The van der Waals surface area contributed by atoms with Gasteiger partial charge in [-0.3, -0.25) is 14.4 Å². The van der Waals surface area contributed by atoms with Crippen LogP contribution >= 0.6 is 0 Å². The molecule has 0 saturated carbocycles. The number of carbonyl (C=O) groups excluding carboxylic acids is 3. The number of hydrogen-bond donors (Lipinski definition) is 0. The molecule has 0 aliphatic carbocycles. The molecule has 6 heteroatoms. The van der Waals surface area contributed by atoms with Crippen molar-refractivity contribution in [1.29, 1.82) is 0 Å². The summed E-state index contributed by atoms with van der Waals surface area (Å²) in [5.74, 6) is -0.856. The molecule has 0 aliphatic heterocycles. The molecule has 0 aromatic carbocycles. The molecule has 0 N–H and O–H groups in total.